The highest BCUT2D eigenvalue weighted by Crippen LogP contribution is 2.34. The summed E-state index contributed by atoms with van der Waals surface area (Å²) in [6.45, 7) is 2.44. The van der Waals surface area contributed by atoms with Crippen molar-refractivity contribution in [1.82, 2.24) is 5.32 Å². The Kier molecular flexibility index (Phi) is 3.71. The molecule has 1 N–H and O–H groups in total. The lowest BCUT2D eigenvalue weighted by atomic mass is 9.93. The van der Waals surface area contributed by atoms with Gasteiger partial charge in [0.15, 0.2) is 0 Å². The van der Waals surface area contributed by atoms with Gasteiger partial charge in [0, 0.05) is 37.6 Å². The molecule has 4 heteroatoms. The fourth-order valence-electron chi connectivity index (χ4n) is 2.97. The Morgan fingerprint density at radius 2 is 2.56 bits per heavy atom. The van der Waals surface area contributed by atoms with Crippen molar-refractivity contribution in [1.29, 1.82) is 0 Å². The summed E-state index contributed by atoms with van der Waals surface area (Å²) in [6, 6.07) is 2.79. The zero-order valence-corrected chi connectivity index (χ0v) is 11.7. The van der Waals surface area contributed by atoms with Gasteiger partial charge in [-0.1, -0.05) is 0 Å². The highest BCUT2D eigenvalue weighted by Gasteiger charge is 2.35. The first-order valence-electron chi connectivity index (χ1n) is 6.75. The number of thiophene rings is 1. The van der Waals surface area contributed by atoms with Gasteiger partial charge in [-0.15, -0.1) is 11.3 Å². The fraction of sp³-hybridized carbons (Fsp3) is 0.714. The molecule has 1 saturated heterocycles. The minimum absolute atomic E-state index is 0.104. The van der Waals surface area contributed by atoms with E-state index in [4.69, 9.17) is 9.47 Å². The summed E-state index contributed by atoms with van der Waals surface area (Å²) in [5, 5.41) is 5.92. The van der Waals surface area contributed by atoms with Crippen molar-refractivity contribution in [3.05, 3.63) is 21.9 Å². The van der Waals surface area contributed by atoms with E-state index in [2.05, 4.69) is 16.8 Å². The third-order valence-corrected chi connectivity index (χ3v) is 5.22. The Bertz CT molecular complexity index is 398. The van der Waals surface area contributed by atoms with Crippen LogP contribution in [0, 0.1) is 0 Å². The molecule has 0 aromatic carbocycles. The minimum atomic E-state index is -0.104. The Labute approximate surface area is 112 Å². The summed E-state index contributed by atoms with van der Waals surface area (Å²) in [5.41, 5.74) is 1.41. The van der Waals surface area contributed by atoms with Gasteiger partial charge in [-0.2, -0.15) is 0 Å². The van der Waals surface area contributed by atoms with Crippen LogP contribution in [0.3, 0.4) is 0 Å². The van der Waals surface area contributed by atoms with E-state index in [1.165, 1.54) is 24.8 Å². The van der Waals surface area contributed by atoms with Crippen LogP contribution in [0.1, 0.15) is 35.7 Å². The maximum atomic E-state index is 5.67. The van der Waals surface area contributed by atoms with Crippen LogP contribution in [0.4, 0.5) is 0 Å². The highest BCUT2D eigenvalue weighted by atomic mass is 32.1. The van der Waals surface area contributed by atoms with Gasteiger partial charge in [0.25, 0.3) is 0 Å². The molecule has 0 spiro atoms. The second-order valence-electron chi connectivity index (χ2n) is 5.31. The van der Waals surface area contributed by atoms with Gasteiger partial charge < -0.3 is 14.8 Å². The molecular weight excluding hydrogens is 246 g/mol. The molecule has 3 rings (SSSR count). The zero-order chi connectivity index (χ0) is 12.4. The molecule has 2 unspecified atom stereocenters. The molecule has 2 heterocycles. The SMILES string of the molecule is COC1(CNC2CCCc3sccc32)CCOC1. The first kappa shape index (κ1) is 12.6. The van der Waals surface area contributed by atoms with Crippen LogP contribution < -0.4 is 5.32 Å². The van der Waals surface area contributed by atoms with Crippen molar-refractivity contribution in [2.24, 2.45) is 0 Å². The van der Waals surface area contributed by atoms with Gasteiger partial charge in [0.2, 0.25) is 0 Å². The summed E-state index contributed by atoms with van der Waals surface area (Å²) in [7, 11) is 1.80. The predicted molar refractivity (Wildman–Crippen MR) is 73.2 cm³/mol. The molecule has 0 radical (unpaired) electrons. The molecule has 1 aliphatic heterocycles. The number of nitrogens with one attached hydrogen (secondary N) is 1. The van der Waals surface area contributed by atoms with E-state index in [-0.39, 0.29) is 5.60 Å². The van der Waals surface area contributed by atoms with Crippen LogP contribution in [0.5, 0.6) is 0 Å². The molecule has 2 aliphatic rings. The first-order chi connectivity index (χ1) is 8.83. The number of hydrogen-bond donors (Lipinski definition) is 1. The van der Waals surface area contributed by atoms with Crippen molar-refractivity contribution in [2.45, 2.75) is 37.3 Å². The lowest BCUT2D eigenvalue weighted by molar-refractivity contribution is -0.0178. The van der Waals surface area contributed by atoms with Gasteiger partial charge in [-0.25, -0.2) is 0 Å². The average molecular weight is 267 g/mol. The summed E-state index contributed by atoms with van der Waals surface area (Å²) in [5.74, 6) is 0. The standard InChI is InChI=1S/C14H21NO2S/c1-16-14(6-7-17-10-14)9-15-12-3-2-4-13-11(12)5-8-18-13/h5,8,12,15H,2-4,6-7,9-10H2,1H3. The Morgan fingerprint density at radius 1 is 1.61 bits per heavy atom. The quantitative estimate of drug-likeness (QED) is 0.909. The van der Waals surface area contributed by atoms with Crippen molar-refractivity contribution in [3.63, 3.8) is 0 Å². The summed E-state index contributed by atoms with van der Waals surface area (Å²) < 4.78 is 11.2. The first-order valence-corrected chi connectivity index (χ1v) is 7.63. The van der Waals surface area contributed by atoms with Crippen molar-refractivity contribution in [2.75, 3.05) is 26.9 Å². The number of hydrogen-bond acceptors (Lipinski definition) is 4. The second-order valence-corrected chi connectivity index (χ2v) is 6.32. The zero-order valence-electron chi connectivity index (χ0n) is 10.9. The average Bonchev–Trinajstić information content (AvgIpc) is 3.06. The third kappa shape index (κ3) is 2.35. The number of rotatable bonds is 4. The minimum Gasteiger partial charge on any atom is -0.378 e. The lowest BCUT2D eigenvalue weighted by Gasteiger charge is -2.31. The molecule has 1 aromatic rings. The molecule has 18 heavy (non-hydrogen) atoms. The Morgan fingerprint density at radius 3 is 3.33 bits per heavy atom. The molecule has 1 aliphatic carbocycles. The maximum Gasteiger partial charge on any atom is 0.106 e. The number of methoxy groups -OCH3 is 1. The molecule has 0 saturated carbocycles. The van der Waals surface area contributed by atoms with Gasteiger partial charge >= 0.3 is 0 Å². The van der Waals surface area contributed by atoms with Crippen molar-refractivity contribution >= 4 is 11.3 Å². The summed E-state index contributed by atoms with van der Waals surface area (Å²) in [6.07, 6.45) is 4.79. The van der Waals surface area contributed by atoms with Crippen molar-refractivity contribution in [3.8, 4) is 0 Å². The van der Waals surface area contributed by atoms with Crippen LogP contribution in [0.2, 0.25) is 0 Å². The van der Waals surface area contributed by atoms with Crippen LogP contribution in [-0.2, 0) is 15.9 Å². The maximum absolute atomic E-state index is 5.67. The molecule has 3 nitrogen and oxygen atoms in total. The van der Waals surface area contributed by atoms with E-state index in [1.54, 1.807) is 12.0 Å². The van der Waals surface area contributed by atoms with E-state index in [0.29, 0.717) is 6.04 Å². The van der Waals surface area contributed by atoms with Crippen LogP contribution in [-0.4, -0.2) is 32.5 Å². The lowest BCUT2D eigenvalue weighted by Crippen LogP contribution is -2.44. The van der Waals surface area contributed by atoms with Crippen LogP contribution in [0.15, 0.2) is 11.4 Å². The number of ether oxygens (including phenoxy) is 2. The molecule has 100 valence electrons. The van der Waals surface area contributed by atoms with Crippen molar-refractivity contribution < 1.29 is 9.47 Å². The molecule has 1 fully saturated rings. The van der Waals surface area contributed by atoms with Gasteiger partial charge in [-0.3, -0.25) is 0 Å². The molecule has 0 bridgehead atoms. The van der Waals surface area contributed by atoms with E-state index < -0.39 is 0 Å². The summed E-state index contributed by atoms with van der Waals surface area (Å²) >= 11 is 1.90. The smallest absolute Gasteiger partial charge is 0.106 e. The van der Waals surface area contributed by atoms with E-state index in [1.807, 2.05) is 11.3 Å². The topological polar surface area (TPSA) is 30.5 Å². The molecule has 1 aromatic heterocycles. The molecule has 0 amide bonds. The Hall–Kier alpha value is -0.420. The van der Waals surface area contributed by atoms with E-state index in [9.17, 15) is 0 Å². The van der Waals surface area contributed by atoms with E-state index >= 15 is 0 Å². The largest absolute Gasteiger partial charge is 0.378 e. The highest BCUT2D eigenvalue weighted by molar-refractivity contribution is 7.10. The number of aryl methyl sites for hydroxylation is 1. The molecular formula is C14H21NO2S. The monoisotopic (exact) mass is 267 g/mol. The normalized spacial score (nSPS) is 31.5. The molecule has 2 atom stereocenters. The Balaban J connectivity index is 1.64. The predicted octanol–water partition coefficient (Wildman–Crippen LogP) is 2.52. The van der Waals surface area contributed by atoms with Gasteiger partial charge in [-0.05, 0) is 36.3 Å². The number of fused-ring (bicyclic) bond motifs is 1. The second kappa shape index (κ2) is 5.29. The van der Waals surface area contributed by atoms with Gasteiger partial charge in [0.05, 0.1) is 6.61 Å². The third-order valence-electron chi connectivity index (χ3n) is 4.22. The summed E-state index contributed by atoms with van der Waals surface area (Å²) in [4.78, 5) is 1.56. The van der Waals surface area contributed by atoms with Crippen LogP contribution >= 0.6 is 11.3 Å². The van der Waals surface area contributed by atoms with Crippen LogP contribution in [0.25, 0.3) is 0 Å². The van der Waals surface area contributed by atoms with E-state index in [0.717, 1.165) is 26.2 Å². The van der Waals surface area contributed by atoms with Gasteiger partial charge in [0.1, 0.15) is 5.60 Å². The fourth-order valence-corrected chi connectivity index (χ4v) is 3.96.